The van der Waals surface area contributed by atoms with Gasteiger partial charge >= 0.3 is 5.97 Å². The van der Waals surface area contributed by atoms with Crippen molar-refractivity contribution in [2.75, 3.05) is 26.2 Å². The Kier molecular flexibility index (Phi) is 5.05. The molecule has 15 heavy (non-hydrogen) atoms. The van der Waals surface area contributed by atoms with E-state index < -0.39 is 0 Å². The maximum Gasteiger partial charge on any atom is 0.309 e. The van der Waals surface area contributed by atoms with E-state index in [1.165, 1.54) is 6.42 Å². The van der Waals surface area contributed by atoms with Crippen LogP contribution in [0.4, 0.5) is 0 Å². The summed E-state index contributed by atoms with van der Waals surface area (Å²) >= 11 is 0. The third-order valence-corrected chi connectivity index (χ3v) is 2.97. The molecule has 0 saturated carbocycles. The number of carbonyl (C=O) groups is 1. The number of ether oxygens (including phenoxy) is 1. The van der Waals surface area contributed by atoms with E-state index in [1.54, 1.807) is 0 Å². The van der Waals surface area contributed by atoms with Crippen LogP contribution in [0.5, 0.6) is 0 Å². The van der Waals surface area contributed by atoms with Crippen molar-refractivity contribution < 1.29 is 9.53 Å². The van der Waals surface area contributed by atoms with Crippen LogP contribution in [0.25, 0.3) is 0 Å². The second kappa shape index (κ2) is 6.08. The summed E-state index contributed by atoms with van der Waals surface area (Å²) in [6.07, 6.45) is 2.35. The summed E-state index contributed by atoms with van der Waals surface area (Å²) in [7, 11) is 0. The summed E-state index contributed by atoms with van der Waals surface area (Å²) in [5.74, 6) is -0.141. The molecule has 88 valence electrons. The third kappa shape index (κ3) is 3.47. The molecule has 0 aromatic heterocycles. The number of hydrogen-bond acceptors (Lipinski definition) is 4. The minimum Gasteiger partial charge on any atom is -0.466 e. The van der Waals surface area contributed by atoms with E-state index >= 15 is 0 Å². The molecule has 0 aliphatic carbocycles. The van der Waals surface area contributed by atoms with Crippen LogP contribution < -0.4 is 5.73 Å². The van der Waals surface area contributed by atoms with E-state index in [1.807, 2.05) is 13.8 Å². The number of hydrogen-bond donors (Lipinski definition) is 1. The molecule has 2 unspecified atom stereocenters. The van der Waals surface area contributed by atoms with Crippen LogP contribution in [0.3, 0.4) is 0 Å². The van der Waals surface area contributed by atoms with Crippen LogP contribution in [-0.2, 0) is 9.53 Å². The average molecular weight is 214 g/mol. The number of esters is 1. The molecular formula is C11H22N2O2. The summed E-state index contributed by atoms with van der Waals surface area (Å²) in [4.78, 5) is 13.8. The minimum absolute atomic E-state index is 0.0444. The lowest BCUT2D eigenvalue weighted by molar-refractivity contribution is -0.148. The maximum absolute atomic E-state index is 11.4. The van der Waals surface area contributed by atoms with Crippen LogP contribution in [0.15, 0.2) is 0 Å². The Hall–Kier alpha value is -0.610. The minimum atomic E-state index is -0.0971. The van der Waals surface area contributed by atoms with Gasteiger partial charge in [0.15, 0.2) is 0 Å². The van der Waals surface area contributed by atoms with E-state index in [0.29, 0.717) is 19.2 Å². The molecule has 4 nitrogen and oxygen atoms in total. The maximum atomic E-state index is 11.4. The fourth-order valence-corrected chi connectivity index (χ4v) is 2.11. The van der Waals surface area contributed by atoms with Crippen molar-refractivity contribution in [2.24, 2.45) is 11.7 Å². The molecule has 1 aliphatic heterocycles. The highest BCUT2D eigenvalue weighted by atomic mass is 16.5. The molecule has 4 heteroatoms. The van der Waals surface area contributed by atoms with E-state index in [-0.39, 0.29) is 11.9 Å². The first-order valence-electron chi connectivity index (χ1n) is 5.79. The fourth-order valence-electron chi connectivity index (χ4n) is 2.11. The molecule has 0 radical (unpaired) electrons. The SMILES string of the molecule is CCOC(=O)C(C)CN1CCCC1CN. The largest absolute Gasteiger partial charge is 0.466 e. The van der Waals surface area contributed by atoms with E-state index in [0.717, 1.165) is 19.5 Å². The zero-order valence-corrected chi connectivity index (χ0v) is 9.74. The number of nitrogens with two attached hydrogens (primary N) is 1. The molecule has 2 atom stereocenters. The van der Waals surface area contributed by atoms with Crippen molar-refractivity contribution in [1.29, 1.82) is 0 Å². The van der Waals surface area contributed by atoms with Gasteiger partial charge in [0.05, 0.1) is 12.5 Å². The molecule has 0 aromatic carbocycles. The van der Waals surface area contributed by atoms with Crippen molar-refractivity contribution in [3.63, 3.8) is 0 Å². The Labute approximate surface area is 91.8 Å². The van der Waals surface area contributed by atoms with Crippen LogP contribution in [0.2, 0.25) is 0 Å². The lowest BCUT2D eigenvalue weighted by atomic mass is 10.1. The second-order valence-corrected chi connectivity index (χ2v) is 4.18. The Balaban J connectivity index is 2.36. The monoisotopic (exact) mass is 214 g/mol. The lowest BCUT2D eigenvalue weighted by Crippen LogP contribution is -2.39. The van der Waals surface area contributed by atoms with E-state index in [2.05, 4.69) is 4.90 Å². The quantitative estimate of drug-likeness (QED) is 0.681. The molecule has 2 N–H and O–H groups in total. The first kappa shape index (κ1) is 12.5. The average Bonchev–Trinajstić information content (AvgIpc) is 2.65. The van der Waals surface area contributed by atoms with Crippen LogP contribution in [0.1, 0.15) is 26.7 Å². The van der Waals surface area contributed by atoms with Crippen LogP contribution in [0, 0.1) is 5.92 Å². The van der Waals surface area contributed by atoms with E-state index in [9.17, 15) is 4.79 Å². The van der Waals surface area contributed by atoms with Gasteiger partial charge in [-0.1, -0.05) is 6.92 Å². The number of rotatable bonds is 5. The van der Waals surface area contributed by atoms with Gasteiger partial charge in [-0.25, -0.2) is 0 Å². The normalized spacial score (nSPS) is 24.1. The number of likely N-dealkylation sites (tertiary alicyclic amines) is 1. The van der Waals surface area contributed by atoms with Crippen LogP contribution in [-0.4, -0.2) is 43.2 Å². The Bertz CT molecular complexity index is 209. The Morgan fingerprint density at radius 2 is 2.40 bits per heavy atom. The summed E-state index contributed by atoms with van der Waals surface area (Å²) in [5.41, 5.74) is 5.68. The van der Waals surface area contributed by atoms with Gasteiger partial charge in [0.2, 0.25) is 0 Å². The van der Waals surface area contributed by atoms with Gasteiger partial charge in [0, 0.05) is 19.1 Å². The fraction of sp³-hybridized carbons (Fsp3) is 0.909. The summed E-state index contributed by atoms with van der Waals surface area (Å²) in [5, 5.41) is 0. The van der Waals surface area contributed by atoms with Crippen molar-refractivity contribution in [3.05, 3.63) is 0 Å². The lowest BCUT2D eigenvalue weighted by Gasteiger charge is -2.25. The smallest absolute Gasteiger partial charge is 0.309 e. The van der Waals surface area contributed by atoms with Crippen molar-refractivity contribution in [2.45, 2.75) is 32.7 Å². The van der Waals surface area contributed by atoms with Crippen molar-refractivity contribution in [1.82, 2.24) is 4.90 Å². The molecule has 1 rings (SSSR count). The molecule has 0 aromatic rings. The van der Waals surface area contributed by atoms with Gasteiger partial charge in [0.25, 0.3) is 0 Å². The standard InChI is InChI=1S/C11H22N2O2/c1-3-15-11(14)9(2)8-13-6-4-5-10(13)7-12/h9-10H,3-8,12H2,1-2H3. The molecule has 1 heterocycles. The van der Waals surface area contributed by atoms with Crippen molar-refractivity contribution >= 4 is 5.97 Å². The molecule has 1 fully saturated rings. The molecule has 0 bridgehead atoms. The van der Waals surface area contributed by atoms with Gasteiger partial charge in [-0.2, -0.15) is 0 Å². The first-order chi connectivity index (χ1) is 7.19. The highest BCUT2D eigenvalue weighted by molar-refractivity contribution is 5.72. The summed E-state index contributed by atoms with van der Waals surface area (Å²) in [6, 6.07) is 0.460. The zero-order valence-electron chi connectivity index (χ0n) is 9.74. The first-order valence-corrected chi connectivity index (χ1v) is 5.79. The zero-order chi connectivity index (χ0) is 11.3. The number of carbonyl (C=O) groups excluding carboxylic acids is 1. The highest BCUT2D eigenvalue weighted by Crippen LogP contribution is 2.17. The van der Waals surface area contributed by atoms with Gasteiger partial charge in [-0.05, 0) is 26.3 Å². The molecule has 0 amide bonds. The van der Waals surface area contributed by atoms with E-state index in [4.69, 9.17) is 10.5 Å². The van der Waals surface area contributed by atoms with Gasteiger partial charge in [-0.3, -0.25) is 9.69 Å². The third-order valence-electron chi connectivity index (χ3n) is 2.97. The predicted octanol–water partition coefficient (Wildman–Crippen LogP) is 0.609. The van der Waals surface area contributed by atoms with Gasteiger partial charge in [-0.15, -0.1) is 0 Å². The Morgan fingerprint density at radius 1 is 1.67 bits per heavy atom. The highest BCUT2D eigenvalue weighted by Gasteiger charge is 2.26. The molecular weight excluding hydrogens is 192 g/mol. The second-order valence-electron chi connectivity index (χ2n) is 4.18. The Morgan fingerprint density at radius 3 is 3.00 bits per heavy atom. The number of nitrogens with zero attached hydrogens (tertiary/aromatic N) is 1. The molecule has 1 saturated heterocycles. The predicted molar refractivity (Wildman–Crippen MR) is 59.4 cm³/mol. The summed E-state index contributed by atoms with van der Waals surface area (Å²) in [6.45, 7) is 6.75. The molecule has 0 spiro atoms. The van der Waals surface area contributed by atoms with Crippen LogP contribution >= 0.6 is 0 Å². The summed E-state index contributed by atoms with van der Waals surface area (Å²) < 4.78 is 4.99. The topological polar surface area (TPSA) is 55.6 Å². The van der Waals surface area contributed by atoms with Gasteiger partial charge < -0.3 is 10.5 Å². The molecule has 1 aliphatic rings. The van der Waals surface area contributed by atoms with Crippen molar-refractivity contribution in [3.8, 4) is 0 Å². The van der Waals surface area contributed by atoms with Gasteiger partial charge in [0.1, 0.15) is 0 Å².